The number of amides is 1. The number of rotatable bonds is 8. The first-order valence-electron chi connectivity index (χ1n) is 7.02. The Balaban J connectivity index is 2.80. The number of carbonyl (C=O) groups is 1. The summed E-state index contributed by atoms with van der Waals surface area (Å²) >= 11 is 0. The normalized spacial score (nSPS) is 11.8. The van der Waals surface area contributed by atoms with E-state index in [9.17, 15) is 4.79 Å². The summed E-state index contributed by atoms with van der Waals surface area (Å²) in [4.78, 5) is 11.9. The molecule has 0 saturated carbocycles. The van der Waals surface area contributed by atoms with Gasteiger partial charge in [-0.2, -0.15) is 0 Å². The Kier molecular flexibility index (Phi) is 6.87. The minimum absolute atomic E-state index is 0.0398. The van der Waals surface area contributed by atoms with Crippen LogP contribution in [0.2, 0.25) is 0 Å². The molecule has 5 nitrogen and oxygen atoms in total. The van der Waals surface area contributed by atoms with Gasteiger partial charge in [-0.15, -0.1) is 0 Å². The zero-order valence-corrected chi connectivity index (χ0v) is 12.4. The van der Waals surface area contributed by atoms with Crippen molar-refractivity contribution in [3.8, 4) is 11.5 Å². The molecule has 0 radical (unpaired) electrons. The third kappa shape index (κ3) is 4.74. The second-order valence-electron chi connectivity index (χ2n) is 4.50. The van der Waals surface area contributed by atoms with Gasteiger partial charge in [-0.1, -0.05) is 6.92 Å². The lowest BCUT2D eigenvalue weighted by Crippen LogP contribution is -2.22. The molecular weight excluding hydrogens is 256 g/mol. The number of anilines is 1. The van der Waals surface area contributed by atoms with E-state index in [0.29, 0.717) is 43.4 Å². The van der Waals surface area contributed by atoms with Crippen molar-refractivity contribution in [1.29, 1.82) is 0 Å². The summed E-state index contributed by atoms with van der Waals surface area (Å²) in [6, 6.07) is 5.39. The maximum Gasteiger partial charge on any atom is 0.227 e. The van der Waals surface area contributed by atoms with Gasteiger partial charge in [-0.05, 0) is 38.9 Å². The first kappa shape index (κ1) is 16.3. The van der Waals surface area contributed by atoms with E-state index in [4.69, 9.17) is 15.2 Å². The SMILES string of the molecule is CCOc1ccc(NC(=O)C(C)CCN)cc1OCC. The summed E-state index contributed by atoms with van der Waals surface area (Å²) in [6.07, 6.45) is 0.668. The van der Waals surface area contributed by atoms with Crippen LogP contribution in [0.3, 0.4) is 0 Å². The van der Waals surface area contributed by atoms with Crippen molar-refractivity contribution in [1.82, 2.24) is 0 Å². The van der Waals surface area contributed by atoms with Crippen LogP contribution in [0.5, 0.6) is 11.5 Å². The lowest BCUT2D eigenvalue weighted by atomic mass is 10.1. The molecule has 1 aromatic rings. The van der Waals surface area contributed by atoms with E-state index in [2.05, 4.69) is 5.32 Å². The average molecular weight is 280 g/mol. The van der Waals surface area contributed by atoms with Gasteiger partial charge in [0, 0.05) is 17.7 Å². The minimum atomic E-state index is -0.109. The fourth-order valence-corrected chi connectivity index (χ4v) is 1.78. The van der Waals surface area contributed by atoms with E-state index < -0.39 is 0 Å². The van der Waals surface area contributed by atoms with E-state index >= 15 is 0 Å². The summed E-state index contributed by atoms with van der Waals surface area (Å²) < 4.78 is 11.0. The maximum atomic E-state index is 11.9. The summed E-state index contributed by atoms with van der Waals surface area (Å²) in [5.74, 6) is 1.17. The second-order valence-corrected chi connectivity index (χ2v) is 4.50. The van der Waals surface area contributed by atoms with Crippen molar-refractivity contribution >= 4 is 11.6 Å². The van der Waals surface area contributed by atoms with Gasteiger partial charge in [0.15, 0.2) is 11.5 Å². The van der Waals surface area contributed by atoms with Crippen LogP contribution in [-0.2, 0) is 4.79 Å². The van der Waals surface area contributed by atoms with Gasteiger partial charge < -0.3 is 20.5 Å². The van der Waals surface area contributed by atoms with Gasteiger partial charge in [0.1, 0.15) is 0 Å². The molecule has 1 atom stereocenters. The summed E-state index contributed by atoms with van der Waals surface area (Å²) in [6.45, 7) is 7.30. The Morgan fingerprint density at radius 2 is 1.90 bits per heavy atom. The van der Waals surface area contributed by atoms with E-state index in [-0.39, 0.29) is 11.8 Å². The molecule has 0 bridgehead atoms. The van der Waals surface area contributed by atoms with E-state index in [1.165, 1.54) is 0 Å². The molecule has 0 heterocycles. The molecule has 1 aromatic carbocycles. The largest absolute Gasteiger partial charge is 0.490 e. The predicted octanol–water partition coefficient (Wildman–Crippen LogP) is 2.41. The highest BCUT2D eigenvalue weighted by molar-refractivity contribution is 5.92. The molecule has 0 aliphatic heterocycles. The lowest BCUT2D eigenvalue weighted by molar-refractivity contribution is -0.119. The highest BCUT2D eigenvalue weighted by atomic mass is 16.5. The lowest BCUT2D eigenvalue weighted by Gasteiger charge is -2.14. The first-order valence-corrected chi connectivity index (χ1v) is 7.02. The molecule has 1 unspecified atom stereocenters. The number of hydrogen-bond acceptors (Lipinski definition) is 4. The van der Waals surface area contributed by atoms with Crippen LogP contribution >= 0.6 is 0 Å². The van der Waals surface area contributed by atoms with Crippen molar-refractivity contribution in [3.63, 3.8) is 0 Å². The number of hydrogen-bond donors (Lipinski definition) is 2. The number of carbonyl (C=O) groups excluding carboxylic acids is 1. The van der Waals surface area contributed by atoms with Gasteiger partial charge in [0.2, 0.25) is 5.91 Å². The van der Waals surface area contributed by atoms with E-state index in [0.717, 1.165) is 0 Å². The zero-order chi connectivity index (χ0) is 15.0. The number of benzene rings is 1. The second kappa shape index (κ2) is 8.43. The molecule has 3 N–H and O–H groups in total. The summed E-state index contributed by atoms with van der Waals surface area (Å²) in [5.41, 5.74) is 6.16. The molecule has 20 heavy (non-hydrogen) atoms. The maximum absolute atomic E-state index is 11.9. The Hall–Kier alpha value is -1.75. The van der Waals surface area contributed by atoms with Gasteiger partial charge >= 0.3 is 0 Å². The van der Waals surface area contributed by atoms with Crippen LogP contribution in [0.15, 0.2) is 18.2 Å². The van der Waals surface area contributed by atoms with Gasteiger partial charge in [0.05, 0.1) is 13.2 Å². The molecule has 112 valence electrons. The average Bonchev–Trinajstić information content (AvgIpc) is 2.42. The van der Waals surface area contributed by atoms with Crippen molar-refractivity contribution < 1.29 is 14.3 Å². The third-order valence-corrected chi connectivity index (χ3v) is 2.86. The topological polar surface area (TPSA) is 73.6 Å². The molecule has 5 heteroatoms. The zero-order valence-electron chi connectivity index (χ0n) is 12.4. The van der Waals surface area contributed by atoms with Crippen molar-refractivity contribution in [3.05, 3.63) is 18.2 Å². The molecule has 0 aromatic heterocycles. The number of ether oxygens (including phenoxy) is 2. The molecule has 1 amide bonds. The van der Waals surface area contributed by atoms with Crippen molar-refractivity contribution in [2.45, 2.75) is 27.2 Å². The number of nitrogens with one attached hydrogen (secondary N) is 1. The monoisotopic (exact) mass is 280 g/mol. The van der Waals surface area contributed by atoms with Crippen LogP contribution in [-0.4, -0.2) is 25.7 Å². The van der Waals surface area contributed by atoms with Gasteiger partial charge in [0.25, 0.3) is 0 Å². The molecule has 0 aliphatic carbocycles. The van der Waals surface area contributed by atoms with Crippen molar-refractivity contribution in [2.75, 3.05) is 25.1 Å². The Bertz CT molecular complexity index is 435. The smallest absolute Gasteiger partial charge is 0.227 e. The summed E-state index contributed by atoms with van der Waals surface area (Å²) in [7, 11) is 0. The van der Waals surface area contributed by atoms with Crippen LogP contribution in [0.1, 0.15) is 27.2 Å². The quantitative estimate of drug-likeness (QED) is 0.767. The van der Waals surface area contributed by atoms with E-state index in [1.807, 2.05) is 20.8 Å². The molecule has 0 aliphatic rings. The minimum Gasteiger partial charge on any atom is -0.490 e. The third-order valence-electron chi connectivity index (χ3n) is 2.86. The van der Waals surface area contributed by atoms with E-state index in [1.54, 1.807) is 18.2 Å². The molecule has 1 rings (SSSR count). The highest BCUT2D eigenvalue weighted by Crippen LogP contribution is 2.30. The standard InChI is InChI=1S/C15H24N2O3/c1-4-19-13-7-6-12(10-14(13)20-5-2)17-15(18)11(3)8-9-16/h6-7,10-11H,4-5,8-9,16H2,1-3H3,(H,17,18). The van der Waals surface area contributed by atoms with Gasteiger partial charge in [-0.3, -0.25) is 4.79 Å². The van der Waals surface area contributed by atoms with Crippen LogP contribution in [0.25, 0.3) is 0 Å². The Morgan fingerprint density at radius 1 is 1.25 bits per heavy atom. The van der Waals surface area contributed by atoms with Crippen molar-refractivity contribution in [2.24, 2.45) is 11.7 Å². The fraction of sp³-hybridized carbons (Fsp3) is 0.533. The number of nitrogens with two attached hydrogens (primary N) is 1. The van der Waals surface area contributed by atoms with Crippen LogP contribution < -0.4 is 20.5 Å². The molecule has 0 spiro atoms. The fourth-order valence-electron chi connectivity index (χ4n) is 1.78. The van der Waals surface area contributed by atoms with Crippen LogP contribution in [0, 0.1) is 5.92 Å². The summed E-state index contributed by atoms with van der Waals surface area (Å²) in [5, 5.41) is 2.86. The Morgan fingerprint density at radius 3 is 2.50 bits per heavy atom. The highest BCUT2D eigenvalue weighted by Gasteiger charge is 2.13. The molecule has 0 saturated heterocycles. The van der Waals surface area contributed by atoms with Crippen LogP contribution in [0.4, 0.5) is 5.69 Å². The molecule has 0 fully saturated rings. The molecular formula is C15H24N2O3. The predicted molar refractivity (Wildman–Crippen MR) is 80.2 cm³/mol. The first-order chi connectivity index (χ1) is 9.62. The van der Waals surface area contributed by atoms with Gasteiger partial charge in [-0.25, -0.2) is 0 Å². The Labute approximate surface area is 120 Å².